The smallest absolute Gasteiger partial charge is 0.260 e. The number of fused-ring (bicyclic) bond motifs is 1. The summed E-state index contributed by atoms with van der Waals surface area (Å²) in [6.45, 7) is 4.85. The van der Waals surface area contributed by atoms with E-state index in [1.165, 1.54) is 24.4 Å². The lowest BCUT2D eigenvalue weighted by Gasteiger charge is -2.27. The number of amides is 1. The average molecular weight is 543 g/mol. The first-order valence-electron chi connectivity index (χ1n) is 9.36. The first-order valence-corrected chi connectivity index (χ1v) is 13.4. The summed E-state index contributed by atoms with van der Waals surface area (Å²) in [6.07, 6.45) is 1.86. The SMILES string of the molecule is C[C@@]1(Cc2ccc(Br)cc2)C(=O)N(c2cc(Cl)cc(Cl)c2)c2ncc(OP(C)(C)=O)n21. The van der Waals surface area contributed by atoms with Gasteiger partial charge in [-0.3, -0.25) is 13.9 Å². The van der Waals surface area contributed by atoms with Gasteiger partial charge in [-0.2, -0.15) is 0 Å². The molecule has 0 unspecified atom stereocenters. The van der Waals surface area contributed by atoms with Gasteiger partial charge in [-0.1, -0.05) is 51.3 Å². The van der Waals surface area contributed by atoms with E-state index in [4.69, 9.17) is 27.7 Å². The van der Waals surface area contributed by atoms with Crippen LogP contribution >= 0.6 is 46.5 Å². The molecule has 162 valence electrons. The summed E-state index contributed by atoms with van der Waals surface area (Å²) in [5.41, 5.74) is 0.377. The molecule has 3 aromatic rings. The van der Waals surface area contributed by atoms with Gasteiger partial charge in [-0.25, -0.2) is 9.88 Å². The average Bonchev–Trinajstić information content (AvgIpc) is 3.13. The fourth-order valence-electron chi connectivity index (χ4n) is 3.72. The minimum atomic E-state index is -2.90. The topological polar surface area (TPSA) is 64.4 Å². The highest BCUT2D eigenvalue weighted by Gasteiger charge is 2.51. The molecule has 1 aliphatic rings. The van der Waals surface area contributed by atoms with Crippen molar-refractivity contribution in [3.05, 3.63) is 68.7 Å². The maximum Gasteiger partial charge on any atom is 0.260 e. The van der Waals surface area contributed by atoms with Gasteiger partial charge in [0.25, 0.3) is 5.91 Å². The number of rotatable bonds is 5. The molecule has 10 heteroatoms. The monoisotopic (exact) mass is 541 g/mol. The van der Waals surface area contributed by atoms with E-state index in [1.54, 1.807) is 22.8 Å². The van der Waals surface area contributed by atoms with E-state index in [-0.39, 0.29) is 11.8 Å². The standard InChI is InChI=1S/C21H19BrCl2N3O3P/c1-21(11-13-4-6-14(22)7-5-13)19(28)26(17-9-15(23)8-16(24)10-17)20-25-12-18(27(20)21)30-31(2,3)29/h4-10,12H,11H2,1-3H3/t21-/m1/s1. The van der Waals surface area contributed by atoms with Gasteiger partial charge in [0.15, 0.2) is 0 Å². The van der Waals surface area contributed by atoms with Gasteiger partial charge >= 0.3 is 0 Å². The van der Waals surface area contributed by atoms with Gasteiger partial charge in [0.1, 0.15) is 5.54 Å². The van der Waals surface area contributed by atoms with E-state index < -0.39 is 12.9 Å². The second-order valence-electron chi connectivity index (χ2n) is 7.92. The molecule has 0 spiro atoms. The van der Waals surface area contributed by atoms with E-state index >= 15 is 0 Å². The summed E-state index contributed by atoms with van der Waals surface area (Å²) in [7, 11) is -2.90. The Balaban J connectivity index is 1.88. The Labute approximate surface area is 198 Å². The summed E-state index contributed by atoms with van der Waals surface area (Å²) in [5.74, 6) is 0.405. The van der Waals surface area contributed by atoms with Crippen LogP contribution in [0.25, 0.3) is 0 Å². The Morgan fingerprint density at radius 3 is 2.32 bits per heavy atom. The molecule has 1 atom stereocenters. The third-order valence-corrected chi connectivity index (χ3v) is 6.54. The predicted octanol–water partition coefficient (Wildman–Crippen LogP) is 6.51. The minimum Gasteiger partial charge on any atom is -0.425 e. The molecule has 0 N–H and O–H groups in total. The van der Waals surface area contributed by atoms with E-state index in [0.29, 0.717) is 28.1 Å². The normalized spacial score (nSPS) is 18.4. The van der Waals surface area contributed by atoms with Crippen molar-refractivity contribution in [2.45, 2.75) is 18.9 Å². The molecular formula is C21H19BrCl2N3O3P. The first-order chi connectivity index (χ1) is 14.5. The molecule has 0 bridgehead atoms. The van der Waals surface area contributed by atoms with Crippen LogP contribution in [-0.2, 0) is 21.3 Å². The molecular weight excluding hydrogens is 524 g/mol. The van der Waals surface area contributed by atoms with Crippen LogP contribution in [0.5, 0.6) is 5.88 Å². The van der Waals surface area contributed by atoms with Gasteiger partial charge in [0, 0.05) is 34.3 Å². The molecule has 1 aliphatic heterocycles. The number of imidazole rings is 1. The number of nitrogens with zero attached hydrogens (tertiary/aromatic N) is 3. The van der Waals surface area contributed by atoms with Crippen molar-refractivity contribution in [1.82, 2.24) is 9.55 Å². The third-order valence-electron chi connectivity index (χ3n) is 4.95. The zero-order valence-corrected chi connectivity index (χ0v) is 21.0. The number of carbonyl (C=O) groups is 1. The zero-order chi connectivity index (χ0) is 22.6. The molecule has 0 fully saturated rings. The number of carbonyl (C=O) groups excluding carboxylic acids is 1. The van der Waals surface area contributed by atoms with Gasteiger partial charge in [0.05, 0.1) is 11.9 Å². The maximum atomic E-state index is 13.8. The second kappa shape index (κ2) is 7.96. The van der Waals surface area contributed by atoms with Crippen molar-refractivity contribution in [2.75, 3.05) is 18.2 Å². The second-order valence-corrected chi connectivity index (χ2v) is 12.4. The molecule has 0 saturated carbocycles. The quantitative estimate of drug-likeness (QED) is 0.345. The molecule has 4 rings (SSSR count). The summed E-state index contributed by atoms with van der Waals surface area (Å²) >= 11 is 15.8. The molecule has 0 radical (unpaired) electrons. The lowest BCUT2D eigenvalue weighted by atomic mass is 9.92. The van der Waals surface area contributed by atoms with E-state index in [2.05, 4.69) is 20.9 Å². The highest BCUT2D eigenvalue weighted by molar-refractivity contribution is 9.10. The lowest BCUT2D eigenvalue weighted by molar-refractivity contribution is -0.124. The zero-order valence-electron chi connectivity index (χ0n) is 17.0. The molecule has 1 amide bonds. The minimum absolute atomic E-state index is 0.219. The number of halogens is 3. The Morgan fingerprint density at radius 1 is 1.13 bits per heavy atom. The predicted molar refractivity (Wildman–Crippen MR) is 127 cm³/mol. The van der Waals surface area contributed by atoms with Crippen molar-refractivity contribution in [3.63, 3.8) is 0 Å². The van der Waals surface area contributed by atoms with Gasteiger partial charge in [0.2, 0.25) is 19.2 Å². The first kappa shape index (κ1) is 22.4. The van der Waals surface area contributed by atoms with Gasteiger partial charge in [-0.15, -0.1) is 0 Å². The van der Waals surface area contributed by atoms with Gasteiger partial charge in [-0.05, 0) is 42.8 Å². The molecule has 31 heavy (non-hydrogen) atoms. The van der Waals surface area contributed by atoms with Crippen LogP contribution in [0.2, 0.25) is 10.0 Å². The summed E-state index contributed by atoms with van der Waals surface area (Å²) in [4.78, 5) is 19.7. The molecule has 0 aliphatic carbocycles. The van der Waals surface area contributed by atoms with Crippen molar-refractivity contribution in [1.29, 1.82) is 0 Å². The van der Waals surface area contributed by atoms with E-state index in [9.17, 15) is 9.36 Å². The van der Waals surface area contributed by atoms with Crippen molar-refractivity contribution >= 4 is 64.0 Å². The fraction of sp³-hybridized carbons (Fsp3) is 0.238. The van der Waals surface area contributed by atoms with Crippen LogP contribution in [0, 0.1) is 0 Å². The number of benzene rings is 2. The molecule has 1 aromatic heterocycles. The summed E-state index contributed by atoms with van der Waals surface area (Å²) in [6, 6.07) is 12.6. The molecule has 6 nitrogen and oxygen atoms in total. The fourth-order valence-corrected chi connectivity index (χ4v) is 5.08. The molecule has 2 heterocycles. The highest BCUT2D eigenvalue weighted by atomic mass is 79.9. The number of anilines is 2. The van der Waals surface area contributed by atoms with Crippen molar-refractivity contribution in [2.24, 2.45) is 0 Å². The van der Waals surface area contributed by atoms with E-state index in [1.807, 2.05) is 31.2 Å². The Kier molecular flexibility index (Phi) is 5.76. The van der Waals surface area contributed by atoms with Crippen LogP contribution in [0.15, 0.2) is 53.1 Å². The maximum absolute atomic E-state index is 13.8. The largest absolute Gasteiger partial charge is 0.425 e. The van der Waals surface area contributed by atoms with Crippen LogP contribution in [0.1, 0.15) is 12.5 Å². The molecule has 0 saturated heterocycles. The lowest BCUT2D eigenvalue weighted by Crippen LogP contribution is -2.41. The highest BCUT2D eigenvalue weighted by Crippen LogP contribution is 2.48. The number of hydrogen-bond donors (Lipinski definition) is 0. The van der Waals surface area contributed by atoms with Crippen LogP contribution in [0.4, 0.5) is 11.6 Å². The third kappa shape index (κ3) is 4.29. The van der Waals surface area contributed by atoms with Crippen LogP contribution < -0.4 is 9.42 Å². The van der Waals surface area contributed by atoms with Crippen LogP contribution in [0.3, 0.4) is 0 Å². The Morgan fingerprint density at radius 2 is 1.74 bits per heavy atom. The number of aromatic nitrogens is 2. The van der Waals surface area contributed by atoms with E-state index in [0.717, 1.165) is 10.0 Å². The Bertz CT molecular complexity index is 1200. The summed E-state index contributed by atoms with van der Waals surface area (Å²) < 4.78 is 20.8. The van der Waals surface area contributed by atoms with Gasteiger partial charge < -0.3 is 4.52 Å². The van der Waals surface area contributed by atoms with Crippen molar-refractivity contribution < 1.29 is 13.9 Å². The Hall–Kier alpha value is -1.79. The molecule has 2 aromatic carbocycles. The summed E-state index contributed by atoms with van der Waals surface area (Å²) in [5, 5.41) is 0.802. The van der Waals surface area contributed by atoms with Crippen LogP contribution in [-0.4, -0.2) is 28.8 Å². The number of hydrogen-bond acceptors (Lipinski definition) is 4. The van der Waals surface area contributed by atoms with Crippen molar-refractivity contribution in [3.8, 4) is 5.88 Å².